The number of anilines is 2. The molecule has 0 spiro atoms. The monoisotopic (exact) mass is 392 g/mol. The second kappa shape index (κ2) is 9.14. The largest absolute Gasteiger partial charge is 0.495 e. The number of amides is 1. The van der Waals surface area contributed by atoms with Gasteiger partial charge in [-0.25, -0.2) is 4.79 Å². The summed E-state index contributed by atoms with van der Waals surface area (Å²) in [6.07, 6.45) is -0.695. The molecule has 2 aromatic rings. The first kappa shape index (κ1) is 20.4. The zero-order valence-electron chi connectivity index (χ0n) is 15.2. The Morgan fingerprint density at radius 2 is 1.74 bits per heavy atom. The van der Waals surface area contributed by atoms with Gasteiger partial charge in [-0.1, -0.05) is 18.5 Å². The molecule has 0 bridgehead atoms. The van der Waals surface area contributed by atoms with Gasteiger partial charge in [0.25, 0.3) is 5.91 Å². The number of esters is 1. The molecule has 0 saturated carbocycles. The molecule has 144 valence electrons. The molecule has 7 nitrogen and oxygen atoms in total. The van der Waals surface area contributed by atoms with Gasteiger partial charge in [0, 0.05) is 11.8 Å². The number of benzene rings is 2. The summed E-state index contributed by atoms with van der Waals surface area (Å²) in [5.74, 6) is -0.338. The minimum Gasteiger partial charge on any atom is -0.495 e. The first-order valence-electron chi connectivity index (χ1n) is 8.18. The topological polar surface area (TPSA) is 99.9 Å². The zero-order valence-corrected chi connectivity index (χ0v) is 16.0. The van der Waals surface area contributed by atoms with E-state index in [1.807, 2.05) is 0 Å². The summed E-state index contributed by atoms with van der Waals surface area (Å²) in [5, 5.41) is 2.98. The average Bonchev–Trinajstić information content (AvgIpc) is 2.66. The number of nitrogens with one attached hydrogen (secondary N) is 1. The van der Waals surface area contributed by atoms with E-state index in [4.69, 9.17) is 31.5 Å². The lowest BCUT2D eigenvalue weighted by molar-refractivity contribution is -0.124. The SMILES string of the molecule is CCC(OC(=O)c1ccc(N)cc1)C(=O)Nc1cc(Cl)c(OC)cc1OC. The maximum absolute atomic E-state index is 12.6. The standard InChI is InChI=1S/C19H21ClN2O5/c1-4-15(27-19(24)11-5-7-12(21)8-6-11)18(23)22-14-9-13(20)16(25-2)10-17(14)26-3/h5-10,15H,4,21H2,1-3H3,(H,22,23). The molecule has 0 aliphatic heterocycles. The maximum atomic E-state index is 12.6. The number of hydrogen-bond donors (Lipinski definition) is 2. The minimum atomic E-state index is -0.986. The van der Waals surface area contributed by atoms with Gasteiger partial charge in [-0.05, 0) is 36.8 Å². The summed E-state index contributed by atoms with van der Waals surface area (Å²) in [6.45, 7) is 1.73. The van der Waals surface area contributed by atoms with Crippen LogP contribution in [0.4, 0.5) is 11.4 Å². The molecule has 27 heavy (non-hydrogen) atoms. The quantitative estimate of drug-likeness (QED) is 0.552. The van der Waals surface area contributed by atoms with Crippen molar-refractivity contribution >= 4 is 34.9 Å². The number of hydrogen-bond acceptors (Lipinski definition) is 6. The van der Waals surface area contributed by atoms with Gasteiger partial charge in [-0.3, -0.25) is 4.79 Å². The normalized spacial score (nSPS) is 11.4. The summed E-state index contributed by atoms with van der Waals surface area (Å²) >= 11 is 6.11. The molecular weight excluding hydrogens is 372 g/mol. The Bertz CT molecular complexity index is 824. The van der Waals surface area contributed by atoms with Crippen molar-refractivity contribution in [2.75, 3.05) is 25.3 Å². The molecule has 2 rings (SSSR count). The fourth-order valence-electron chi connectivity index (χ4n) is 2.31. The van der Waals surface area contributed by atoms with Gasteiger partial charge in [0.05, 0.1) is 30.5 Å². The number of carbonyl (C=O) groups excluding carboxylic acids is 2. The molecule has 0 saturated heterocycles. The van der Waals surface area contributed by atoms with Crippen molar-refractivity contribution in [1.29, 1.82) is 0 Å². The van der Waals surface area contributed by atoms with Crippen LogP contribution in [0.1, 0.15) is 23.7 Å². The van der Waals surface area contributed by atoms with Crippen molar-refractivity contribution < 1.29 is 23.8 Å². The van der Waals surface area contributed by atoms with Gasteiger partial charge in [0.2, 0.25) is 0 Å². The summed E-state index contributed by atoms with van der Waals surface area (Å²) < 4.78 is 15.7. The van der Waals surface area contributed by atoms with Crippen LogP contribution in [0.5, 0.6) is 11.5 Å². The lowest BCUT2D eigenvalue weighted by Crippen LogP contribution is -2.32. The van der Waals surface area contributed by atoms with E-state index in [1.165, 1.54) is 32.4 Å². The van der Waals surface area contributed by atoms with Crippen molar-refractivity contribution in [3.05, 3.63) is 47.0 Å². The van der Waals surface area contributed by atoms with Crippen LogP contribution in [-0.2, 0) is 9.53 Å². The molecule has 0 aliphatic rings. The van der Waals surface area contributed by atoms with Gasteiger partial charge in [0.15, 0.2) is 6.10 Å². The molecular formula is C19H21ClN2O5. The van der Waals surface area contributed by atoms with Crippen molar-refractivity contribution in [2.24, 2.45) is 0 Å². The Kier molecular flexibility index (Phi) is 6.90. The zero-order chi connectivity index (χ0) is 20.0. The van der Waals surface area contributed by atoms with Crippen LogP contribution >= 0.6 is 11.6 Å². The van der Waals surface area contributed by atoms with Crippen LogP contribution in [0.2, 0.25) is 5.02 Å². The maximum Gasteiger partial charge on any atom is 0.338 e. The van der Waals surface area contributed by atoms with E-state index < -0.39 is 18.0 Å². The molecule has 0 fully saturated rings. The molecule has 3 N–H and O–H groups in total. The van der Waals surface area contributed by atoms with Crippen LogP contribution < -0.4 is 20.5 Å². The molecule has 0 aromatic heterocycles. The van der Waals surface area contributed by atoms with E-state index in [0.29, 0.717) is 39.9 Å². The Morgan fingerprint density at radius 1 is 1.11 bits per heavy atom. The molecule has 0 radical (unpaired) electrons. The first-order chi connectivity index (χ1) is 12.9. The minimum absolute atomic E-state index is 0.290. The number of methoxy groups -OCH3 is 2. The molecule has 1 atom stereocenters. The van der Waals surface area contributed by atoms with Crippen LogP contribution in [-0.4, -0.2) is 32.2 Å². The third-order valence-electron chi connectivity index (χ3n) is 3.79. The van der Waals surface area contributed by atoms with E-state index in [-0.39, 0.29) is 0 Å². The van der Waals surface area contributed by atoms with E-state index in [0.717, 1.165) is 0 Å². The summed E-state index contributed by atoms with van der Waals surface area (Å²) in [6, 6.07) is 9.30. The van der Waals surface area contributed by atoms with E-state index in [2.05, 4.69) is 5.32 Å². The number of nitrogen functional groups attached to an aromatic ring is 1. The number of carbonyl (C=O) groups is 2. The van der Waals surface area contributed by atoms with E-state index >= 15 is 0 Å². The van der Waals surface area contributed by atoms with Crippen LogP contribution in [0.25, 0.3) is 0 Å². The predicted octanol–water partition coefficient (Wildman–Crippen LogP) is 3.51. The van der Waals surface area contributed by atoms with Gasteiger partial charge in [-0.15, -0.1) is 0 Å². The third-order valence-corrected chi connectivity index (χ3v) is 4.09. The number of rotatable bonds is 7. The highest BCUT2D eigenvalue weighted by Crippen LogP contribution is 2.36. The fourth-order valence-corrected chi connectivity index (χ4v) is 2.55. The fraction of sp³-hybridized carbons (Fsp3) is 0.263. The van der Waals surface area contributed by atoms with Crippen molar-refractivity contribution in [1.82, 2.24) is 0 Å². The Balaban J connectivity index is 2.14. The Hall–Kier alpha value is -2.93. The Labute approximate surface area is 162 Å². The second-order valence-electron chi connectivity index (χ2n) is 5.60. The summed E-state index contributed by atoms with van der Waals surface area (Å²) in [4.78, 5) is 24.8. The lowest BCUT2D eigenvalue weighted by atomic mass is 10.2. The smallest absolute Gasteiger partial charge is 0.338 e. The van der Waals surface area contributed by atoms with E-state index in [9.17, 15) is 9.59 Å². The Morgan fingerprint density at radius 3 is 2.30 bits per heavy atom. The van der Waals surface area contributed by atoms with Gasteiger partial charge in [0.1, 0.15) is 11.5 Å². The number of halogens is 1. The summed E-state index contributed by atoms with van der Waals surface area (Å²) in [7, 11) is 2.93. The molecule has 2 aromatic carbocycles. The van der Waals surface area contributed by atoms with Crippen LogP contribution in [0.3, 0.4) is 0 Å². The van der Waals surface area contributed by atoms with Crippen LogP contribution in [0, 0.1) is 0 Å². The van der Waals surface area contributed by atoms with Crippen molar-refractivity contribution in [3.8, 4) is 11.5 Å². The number of nitrogens with two attached hydrogens (primary N) is 1. The van der Waals surface area contributed by atoms with Gasteiger partial charge < -0.3 is 25.3 Å². The second-order valence-corrected chi connectivity index (χ2v) is 6.01. The highest BCUT2D eigenvalue weighted by molar-refractivity contribution is 6.32. The lowest BCUT2D eigenvalue weighted by Gasteiger charge is -2.18. The van der Waals surface area contributed by atoms with Gasteiger partial charge in [-0.2, -0.15) is 0 Å². The first-order valence-corrected chi connectivity index (χ1v) is 8.56. The van der Waals surface area contributed by atoms with Crippen molar-refractivity contribution in [3.63, 3.8) is 0 Å². The highest BCUT2D eigenvalue weighted by atomic mass is 35.5. The number of ether oxygens (including phenoxy) is 3. The third kappa shape index (κ3) is 5.04. The average molecular weight is 393 g/mol. The van der Waals surface area contributed by atoms with Crippen LogP contribution in [0.15, 0.2) is 36.4 Å². The molecule has 0 heterocycles. The molecule has 8 heteroatoms. The predicted molar refractivity (Wildman–Crippen MR) is 104 cm³/mol. The molecule has 0 aliphatic carbocycles. The highest BCUT2D eigenvalue weighted by Gasteiger charge is 2.23. The summed E-state index contributed by atoms with van der Waals surface area (Å²) in [5.41, 5.74) is 6.78. The van der Waals surface area contributed by atoms with Crippen molar-refractivity contribution in [2.45, 2.75) is 19.4 Å². The van der Waals surface area contributed by atoms with E-state index in [1.54, 1.807) is 25.1 Å². The molecule has 1 amide bonds. The molecule has 1 unspecified atom stereocenters. The van der Waals surface area contributed by atoms with Gasteiger partial charge >= 0.3 is 5.97 Å².